The molecule has 1 spiro atoms. The minimum Gasteiger partial charge on any atom is -0.462 e. The summed E-state index contributed by atoms with van der Waals surface area (Å²) in [6.45, 7) is 13.2. The smallest absolute Gasteiger partial charge is 0.306 e. The lowest BCUT2D eigenvalue weighted by molar-refractivity contribution is -0.273. The molecule has 2 heterocycles. The zero-order valence-corrected chi connectivity index (χ0v) is 25.8. The van der Waals surface area contributed by atoms with E-state index in [4.69, 9.17) is 14.2 Å². The Labute approximate surface area is 239 Å². The fourth-order valence-corrected chi connectivity index (χ4v) is 11.5. The van der Waals surface area contributed by atoms with E-state index >= 15 is 0 Å². The molecule has 12 unspecified atom stereocenters. The monoisotopic (exact) mass is 542 g/mol. The average Bonchev–Trinajstić information content (AvgIpc) is 3.36. The second kappa shape index (κ2) is 10.9. The molecule has 222 valence electrons. The van der Waals surface area contributed by atoms with Crippen molar-refractivity contribution in [2.75, 3.05) is 6.61 Å². The maximum Gasteiger partial charge on any atom is 0.306 e. The molecule has 12 atom stereocenters. The van der Waals surface area contributed by atoms with Crippen molar-refractivity contribution in [3.63, 3.8) is 0 Å². The third-order valence-corrected chi connectivity index (χ3v) is 13.7. The zero-order chi connectivity index (χ0) is 27.4. The second-order valence-corrected chi connectivity index (χ2v) is 15.7. The molecule has 0 aromatic rings. The van der Waals surface area contributed by atoms with Crippen LogP contribution in [0, 0.1) is 52.3 Å². The molecule has 4 nitrogen and oxygen atoms in total. The first kappa shape index (κ1) is 28.5. The Morgan fingerprint density at radius 3 is 2.44 bits per heavy atom. The number of unbranched alkanes of at least 4 members (excludes halogenated alkanes) is 4. The van der Waals surface area contributed by atoms with Crippen molar-refractivity contribution < 1.29 is 19.0 Å². The second-order valence-electron chi connectivity index (χ2n) is 15.7. The van der Waals surface area contributed by atoms with E-state index in [0.717, 1.165) is 62.4 Å². The van der Waals surface area contributed by atoms with Crippen LogP contribution in [0.1, 0.15) is 137 Å². The lowest BCUT2D eigenvalue weighted by Gasteiger charge is -2.61. The third-order valence-electron chi connectivity index (χ3n) is 13.7. The van der Waals surface area contributed by atoms with Gasteiger partial charge in [-0.1, -0.05) is 60.3 Å². The Hall–Kier alpha value is -0.610. The normalized spacial score (nSPS) is 50.6. The molecule has 6 aliphatic rings. The highest BCUT2D eigenvalue weighted by molar-refractivity contribution is 5.69. The van der Waals surface area contributed by atoms with Gasteiger partial charge in [-0.2, -0.15) is 0 Å². The highest BCUT2D eigenvalue weighted by atomic mass is 16.7. The summed E-state index contributed by atoms with van der Waals surface area (Å²) in [5.74, 6) is 4.77. The van der Waals surface area contributed by atoms with E-state index in [1.54, 1.807) is 0 Å². The molecule has 0 bridgehead atoms. The van der Waals surface area contributed by atoms with Crippen molar-refractivity contribution in [2.24, 2.45) is 52.3 Å². The minimum absolute atomic E-state index is 0.0583. The molecule has 0 N–H and O–H groups in total. The summed E-state index contributed by atoms with van der Waals surface area (Å²) in [4.78, 5) is 12.6. The quantitative estimate of drug-likeness (QED) is 0.238. The van der Waals surface area contributed by atoms with Crippen molar-refractivity contribution in [2.45, 2.75) is 155 Å². The molecule has 2 saturated heterocycles. The Kier molecular flexibility index (Phi) is 7.97. The number of rotatable bonds is 7. The third kappa shape index (κ3) is 4.84. The SMILES string of the molecule is CCCCCCCC(=O)OC1CCC2(C)C(CCC3C2CCC2(C)C3CC3OC4(CCC(C)CO4)C(C)C32)C1. The van der Waals surface area contributed by atoms with Crippen LogP contribution in [-0.2, 0) is 19.0 Å². The molecule has 4 heteroatoms. The minimum atomic E-state index is -0.304. The molecule has 0 amide bonds. The Balaban J connectivity index is 1.07. The summed E-state index contributed by atoms with van der Waals surface area (Å²) in [6, 6.07) is 0. The standard InChI is InChI=1S/C35H58O4/c1-6-7-8-9-10-11-31(36)38-26-15-17-33(4)25(20-26)12-13-27-28(33)16-18-34(5)29(27)21-30-32(34)24(3)35(39-30)19-14-23(2)22-37-35/h23-30,32H,6-22H2,1-5H3. The molecule has 0 aromatic carbocycles. The molecular weight excluding hydrogens is 484 g/mol. The number of hydrogen-bond donors (Lipinski definition) is 0. The lowest BCUT2D eigenvalue weighted by Crippen LogP contribution is -2.55. The van der Waals surface area contributed by atoms with Crippen LogP contribution in [0.2, 0.25) is 0 Å². The number of carbonyl (C=O) groups is 1. The number of esters is 1. The van der Waals surface area contributed by atoms with Crippen LogP contribution in [0.15, 0.2) is 0 Å². The summed E-state index contributed by atoms with van der Waals surface area (Å²) < 4.78 is 19.6. The van der Waals surface area contributed by atoms with E-state index in [9.17, 15) is 4.79 Å². The van der Waals surface area contributed by atoms with Crippen LogP contribution in [0.25, 0.3) is 0 Å². The van der Waals surface area contributed by atoms with Gasteiger partial charge in [-0.3, -0.25) is 4.79 Å². The van der Waals surface area contributed by atoms with Gasteiger partial charge in [-0.25, -0.2) is 0 Å². The summed E-state index contributed by atoms with van der Waals surface area (Å²) in [6.07, 6.45) is 19.5. The average molecular weight is 543 g/mol. The van der Waals surface area contributed by atoms with Crippen LogP contribution in [0.4, 0.5) is 0 Å². The van der Waals surface area contributed by atoms with Crippen LogP contribution in [0.5, 0.6) is 0 Å². The van der Waals surface area contributed by atoms with Gasteiger partial charge in [0.15, 0.2) is 5.79 Å². The highest BCUT2D eigenvalue weighted by Crippen LogP contribution is 2.71. The molecule has 2 aliphatic heterocycles. The van der Waals surface area contributed by atoms with E-state index in [2.05, 4.69) is 34.6 Å². The fourth-order valence-electron chi connectivity index (χ4n) is 11.5. The number of carbonyl (C=O) groups excluding carboxylic acids is 1. The molecule has 6 fully saturated rings. The summed E-state index contributed by atoms with van der Waals surface area (Å²) in [5.41, 5.74) is 0.815. The molecule has 4 aliphatic carbocycles. The Morgan fingerprint density at radius 2 is 1.67 bits per heavy atom. The van der Waals surface area contributed by atoms with E-state index in [0.29, 0.717) is 41.1 Å². The van der Waals surface area contributed by atoms with Crippen molar-refractivity contribution in [3.05, 3.63) is 0 Å². The van der Waals surface area contributed by atoms with Crippen molar-refractivity contribution in [1.82, 2.24) is 0 Å². The first-order chi connectivity index (χ1) is 18.7. The maximum absolute atomic E-state index is 12.6. The summed E-state index contributed by atoms with van der Waals surface area (Å²) in [7, 11) is 0. The summed E-state index contributed by atoms with van der Waals surface area (Å²) >= 11 is 0. The first-order valence-corrected chi connectivity index (χ1v) is 17.2. The number of hydrogen-bond acceptors (Lipinski definition) is 4. The molecule has 0 aromatic heterocycles. The first-order valence-electron chi connectivity index (χ1n) is 17.2. The van der Waals surface area contributed by atoms with Crippen LogP contribution >= 0.6 is 0 Å². The summed E-state index contributed by atoms with van der Waals surface area (Å²) in [5, 5.41) is 0. The van der Waals surface area contributed by atoms with Gasteiger partial charge in [0, 0.05) is 18.8 Å². The number of fused-ring (bicyclic) bond motifs is 7. The Morgan fingerprint density at radius 1 is 0.872 bits per heavy atom. The maximum atomic E-state index is 12.6. The predicted octanol–water partition coefficient (Wildman–Crippen LogP) is 8.71. The molecule has 0 radical (unpaired) electrons. The van der Waals surface area contributed by atoms with Crippen molar-refractivity contribution in [3.8, 4) is 0 Å². The lowest BCUT2D eigenvalue weighted by atomic mass is 9.44. The van der Waals surface area contributed by atoms with Gasteiger partial charge in [-0.05, 0) is 111 Å². The number of ether oxygens (including phenoxy) is 3. The van der Waals surface area contributed by atoms with E-state index < -0.39 is 0 Å². The molecule has 39 heavy (non-hydrogen) atoms. The zero-order valence-electron chi connectivity index (χ0n) is 25.8. The fraction of sp³-hybridized carbons (Fsp3) is 0.971. The van der Waals surface area contributed by atoms with Crippen LogP contribution in [0.3, 0.4) is 0 Å². The molecule has 4 saturated carbocycles. The van der Waals surface area contributed by atoms with E-state index in [1.807, 2.05) is 0 Å². The molecular formula is C35H58O4. The van der Waals surface area contributed by atoms with Gasteiger partial charge in [0.25, 0.3) is 0 Å². The molecule has 6 rings (SSSR count). The van der Waals surface area contributed by atoms with Crippen LogP contribution < -0.4 is 0 Å². The predicted molar refractivity (Wildman–Crippen MR) is 155 cm³/mol. The van der Waals surface area contributed by atoms with Crippen molar-refractivity contribution >= 4 is 5.97 Å². The Bertz CT molecular complexity index is 878. The van der Waals surface area contributed by atoms with E-state index in [1.165, 1.54) is 64.2 Å². The van der Waals surface area contributed by atoms with Crippen LogP contribution in [-0.4, -0.2) is 30.6 Å². The van der Waals surface area contributed by atoms with Gasteiger partial charge in [0.1, 0.15) is 6.10 Å². The van der Waals surface area contributed by atoms with Gasteiger partial charge in [-0.15, -0.1) is 0 Å². The van der Waals surface area contributed by atoms with Crippen molar-refractivity contribution in [1.29, 1.82) is 0 Å². The topological polar surface area (TPSA) is 44.8 Å². The van der Waals surface area contributed by atoms with Gasteiger partial charge >= 0.3 is 5.97 Å². The van der Waals surface area contributed by atoms with Gasteiger partial charge in [0.2, 0.25) is 0 Å². The highest BCUT2D eigenvalue weighted by Gasteiger charge is 2.69. The van der Waals surface area contributed by atoms with Gasteiger partial charge < -0.3 is 14.2 Å². The van der Waals surface area contributed by atoms with Gasteiger partial charge in [0.05, 0.1) is 12.7 Å². The van der Waals surface area contributed by atoms with E-state index in [-0.39, 0.29) is 17.9 Å². The largest absolute Gasteiger partial charge is 0.462 e.